The Morgan fingerprint density at radius 3 is 2.19 bits per heavy atom. The van der Waals surface area contributed by atoms with Crippen molar-refractivity contribution in [1.82, 2.24) is 15.0 Å². The number of halogens is 1. The molecule has 0 bridgehead atoms. The van der Waals surface area contributed by atoms with E-state index in [1.54, 1.807) is 18.6 Å². The van der Waals surface area contributed by atoms with Crippen LogP contribution in [0.15, 0.2) is 67.1 Å². The van der Waals surface area contributed by atoms with Crippen molar-refractivity contribution in [2.24, 2.45) is 0 Å². The van der Waals surface area contributed by atoms with Crippen LogP contribution in [0.5, 0.6) is 0 Å². The smallest absolute Gasteiger partial charge is 0.230 e. The third kappa shape index (κ3) is 3.55. The van der Waals surface area contributed by atoms with E-state index in [1.165, 1.54) is 3.57 Å². The van der Waals surface area contributed by atoms with Crippen molar-refractivity contribution in [3.8, 4) is 0 Å². The molecule has 3 rings (SSSR count). The quantitative estimate of drug-likeness (QED) is 0.638. The van der Waals surface area contributed by atoms with Crippen LogP contribution < -0.4 is 4.90 Å². The summed E-state index contributed by atoms with van der Waals surface area (Å²) < 4.78 is 1.20. The Morgan fingerprint density at radius 1 is 0.810 bits per heavy atom. The second-order valence-electron chi connectivity index (χ2n) is 4.43. The number of aromatic nitrogens is 3. The number of nitrogens with zero attached hydrogens (tertiary/aromatic N) is 4. The molecule has 104 valence electrons. The van der Waals surface area contributed by atoms with Gasteiger partial charge >= 0.3 is 0 Å². The number of hydrogen-bond donors (Lipinski definition) is 0. The van der Waals surface area contributed by atoms with E-state index >= 15 is 0 Å². The fourth-order valence-corrected chi connectivity index (χ4v) is 2.34. The lowest BCUT2D eigenvalue weighted by Crippen LogP contribution is -2.19. The second-order valence-corrected chi connectivity index (χ2v) is 5.68. The first-order chi connectivity index (χ1) is 10.3. The summed E-state index contributed by atoms with van der Waals surface area (Å²) in [5, 5.41) is 0. The molecule has 0 atom stereocenters. The SMILES string of the molecule is Ic1ccc(N(Cc2ccccn2)c2ncccn2)cc1. The van der Waals surface area contributed by atoms with Crippen molar-refractivity contribution < 1.29 is 0 Å². The first kappa shape index (κ1) is 13.9. The lowest BCUT2D eigenvalue weighted by molar-refractivity contribution is 0.880. The molecule has 5 heteroatoms. The van der Waals surface area contributed by atoms with E-state index in [-0.39, 0.29) is 0 Å². The maximum atomic E-state index is 4.39. The van der Waals surface area contributed by atoms with Crippen LogP contribution in [0.1, 0.15) is 5.69 Å². The van der Waals surface area contributed by atoms with Gasteiger partial charge in [-0.2, -0.15) is 0 Å². The predicted octanol–water partition coefficient (Wildman–Crippen LogP) is 3.81. The lowest BCUT2D eigenvalue weighted by atomic mass is 10.2. The van der Waals surface area contributed by atoms with Gasteiger partial charge in [0.05, 0.1) is 12.2 Å². The van der Waals surface area contributed by atoms with Gasteiger partial charge in [0.15, 0.2) is 0 Å². The number of hydrogen-bond acceptors (Lipinski definition) is 4. The molecule has 3 aromatic rings. The van der Waals surface area contributed by atoms with Crippen molar-refractivity contribution in [2.75, 3.05) is 4.90 Å². The van der Waals surface area contributed by atoms with Gasteiger partial charge in [-0.05, 0) is 65.1 Å². The van der Waals surface area contributed by atoms with E-state index < -0.39 is 0 Å². The molecule has 21 heavy (non-hydrogen) atoms. The Balaban J connectivity index is 1.97. The van der Waals surface area contributed by atoms with Gasteiger partial charge in [0.1, 0.15) is 0 Å². The first-order valence-electron chi connectivity index (χ1n) is 6.53. The summed E-state index contributed by atoms with van der Waals surface area (Å²) >= 11 is 2.30. The minimum absolute atomic E-state index is 0.630. The molecule has 0 N–H and O–H groups in total. The van der Waals surface area contributed by atoms with Gasteiger partial charge in [-0.1, -0.05) is 6.07 Å². The molecule has 0 aliphatic heterocycles. The van der Waals surface area contributed by atoms with E-state index in [0.29, 0.717) is 12.5 Å². The number of benzene rings is 1. The number of rotatable bonds is 4. The van der Waals surface area contributed by atoms with Gasteiger partial charge in [-0.3, -0.25) is 4.98 Å². The van der Waals surface area contributed by atoms with Crippen LogP contribution in [0.4, 0.5) is 11.6 Å². The Kier molecular flexibility index (Phi) is 4.40. The fraction of sp³-hybridized carbons (Fsp3) is 0.0625. The summed E-state index contributed by atoms with van der Waals surface area (Å²) in [6.07, 6.45) is 5.30. The third-order valence-corrected chi connectivity index (χ3v) is 3.70. The highest BCUT2D eigenvalue weighted by Gasteiger charge is 2.12. The topological polar surface area (TPSA) is 41.9 Å². The molecule has 0 aliphatic rings. The molecule has 0 amide bonds. The van der Waals surface area contributed by atoms with Crippen LogP contribution in [0.25, 0.3) is 0 Å². The molecule has 2 aromatic heterocycles. The van der Waals surface area contributed by atoms with Crippen LogP contribution in [0.3, 0.4) is 0 Å². The van der Waals surface area contributed by atoms with Crippen LogP contribution in [0, 0.1) is 3.57 Å². The minimum Gasteiger partial charge on any atom is -0.305 e. The van der Waals surface area contributed by atoms with E-state index in [4.69, 9.17) is 0 Å². The molecule has 0 aliphatic carbocycles. The molecular formula is C16H13IN4. The number of anilines is 2. The highest BCUT2D eigenvalue weighted by molar-refractivity contribution is 14.1. The summed E-state index contributed by atoms with van der Waals surface area (Å²) in [6.45, 7) is 0.630. The van der Waals surface area contributed by atoms with Gasteiger partial charge in [0, 0.05) is 27.8 Å². The molecule has 0 unspecified atom stereocenters. The molecule has 0 saturated carbocycles. The Labute approximate surface area is 137 Å². The zero-order chi connectivity index (χ0) is 14.5. The molecule has 0 radical (unpaired) electrons. The van der Waals surface area contributed by atoms with Crippen molar-refractivity contribution in [2.45, 2.75) is 6.54 Å². The molecule has 2 heterocycles. The third-order valence-electron chi connectivity index (χ3n) is 2.98. The van der Waals surface area contributed by atoms with Crippen molar-refractivity contribution in [1.29, 1.82) is 0 Å². The monoisotopic (exact) mass is 388 g/mol. The summed E-state index contributed by atoms with van der Waals surface area (Å²) in [5.74, 6) is 0.671. The highest BCUT2D eigenvalue weighted by Crippen LogP contribution is 2.24. The number of pyridine rings is 1. The summed E-state index contributed by atoms with van der Waals surface area (Å²) in [5.41, 5.74) is 2.02. The van der Waals surface area contributed by atoms with Crippen LogP contribution in [0.2, 0.25) is 0 Å². The summed E-state index contributed by atoms with van der Waals surface area (Å²) in [4.78, 5) is 15.2. The Morgan fingerprint density at radius 2 is 1.52 bits per heavy atom. The average molecular weight is 388 g/mol. The van der Waals surface area contributed by atoms with Gasteiger partial charge in [-0.25, -0.2) is 9.97 Å². The van der Waals surface area contributed by atoms with Gasteiger partial charge in [-0.15, -0.1) is 0 Å². The van der Waals surface area contributed by atoms with Crippen LogP contribution in [-0.2, 0) is 6.54 Å². The molecule has 1 aromatic carbocycles. The fourth-order valence-electron chi connectivity index (χ4n) is 1.98. The average Bonchev–Trinajstić information content (AvgIpc) is 2.55. The second kappa shape index (κ2) is 6.62. The largest absolute Gasteiger partial charge is 0.305 e. The molecule has 0 spiro atoms. The van der Waals surface area contributed by atoms with Gasteiger partial charge in [0.2, 0.25) is 5.95 Å². The minimum atomic E-state index is 0.630. The molecule has 4 nitrogen and oxygen atoms in total. The molecule has 0 fully saturated rings. The molecular weight excluding hydrogens is 375 g/mol. The van der Waals surface area contributed by atoms with Crippen molar-refractivity contribution in [3.05, 3.63) is 76.4 Å². The summed E-state index contributed by atoms with van der Waals surface area (Å²) in [6, 6.07) is 16.0. The molecule has 0 saturated heterocycles. The normalized spacial score (nSPS) is 10.3. The van der Waals surface area contributed by atoms with Gasteiger partial charge in [0.25, 0.3) is 0 Å². The van der Waals surface area contributed by atoms with E-state index in [9.17, 15) is 0 Å². The standard InChI is InChI=1S/C16H13IN4/c17-13-5-7-15(8-6-13)21(16-19-10-3-11-20-16)12-14-4-1-2-9-18-14/h1-11H,12H2. The van der Waals surface area contributed by atoms with Gasteiger partial charge < -0.3 is 4.90 Å². The summed E-state index contributed by atoms with van der Waals surface area (Å²) in [7, 11) is 0. The maximum absolute atomic E-state index is 4.39. The van der Waals surface area contributed by atoms with Crippen LogP contribution in [-0.4, -0.2) is 15.0 Å². The van der Waals surface area contributed by atoms with E-state index in [2.05, 4.69) is 66.7 Å². The zero-order valence-electron chi connectivity index (χ0n) is 11.2. The first-order valence-corrected chi connectivity index (χ1v) is 7.61. The van der Waals surface area contributed by atoms with E-state index in [1.807, 2.05) is 24.3 Å². The van der Waals surface area contributed by atoms with Crippen LogP contribution >= 0.6 is 22.6 Å². The van der Waals surface area contributed by atoms with Crippen molar-refractivity contribution in [3.63, 3.8) is 0 Å². The van der Waals surface area contributed by atoms with Crippen molar-refractivity contribution >= 4 is 34.2 Å². The van der Waals surface area contributed by atoms with E-state index in [0.717, 1.165) is 11.4 Å². The Bertz CT molecular complexity index is 686. The lowest BCUT2D eigenvalue weighted by Gasteiger charge is -2.22. The Hall–Kier alpha value is -2.02. The highest BCUT2D eigenvalue weighted by atomic mass is 127. The zero-order valence-corrected chi connectivity index (χ0v) is 13.4. The maximum Gasteiger partial charge on any atom is 0.230 e. The predicted molar refractivity (Wildman–Crippen MR) is 91.3 cm³/mol.